The topological polar surface area (TPSA) is 352 Å². The molecule has 10 rings (SSSR count). The average Bonchev–Trinajstić information content (AvgIpc) is 1.66. The third-order valence-electron chi connectivity index (χ3n) is 18.7. The van der Waals surface area contributed by atoms with E-state index in [9.17, 15) is 57.5 Å². The van der Waals surface area contributed by atoms with Crippen LogP contribution in [0.3, 0.4) is 0 Å². The summed E-state index contributed by atoms with van der Waals surface area (Å²) in [5.74, 6) is -3.72. The van der Waals surface area contributed by atoms with Crippen LogP contribution in [0.5, 0.6) is 23.0 Å². The van der Waals surface area contributed by atoms with Crippen LogP contribution >= 0.6 is 0 Å². The van der Waals surface area contributed by atoms with Gasteiger partial charge < -0.3 is 60.6 Å². The van der Waals surface area contributed by atoms with Crippen molar-refractivity contribution >= 4 is 117 Å². The Bertz CT molecular complexity index is 3950. The molecule has 0 spiro atoms. The Hall–Kier alpha value is -11.6. The molecule has 6 N–H and O–H groups in total. The van der Waals surface area contributed by atoms with Crippen molar-refractivity contribution in [1.82, 2.24) is 40.9 Å². The molecule has 0 radical (unpaired) electrons. The van der Waals surface area contributed by atoms with Crippen molar-refractivity contribution in [3.8, 4) is 23.0 Å². The molecule has 0 bridgehead atoms. The molecule has 0 aromatic heterocycles. The molecule has 0 saturated carbocycles. The molecule has 4 aromatic carbocycles. The predicted molar refractivity (Wildman–Crippen MR) is 391 cm³/mol. The van der Waals surface area contributed by atoms with E-state index in [0.29, 0.717) is 115 Å². The van der Waals surface area contributed by atoms with Crippen molar-refractivity contribution in [1.29, 1.82) is 0 Å². The number of amides is 12. The van der Waals surface area contributed by atoms with Gasteiger partial charge in [-0.15, -0.1) is 0 Å². The van der Waals surface area contributed by atoms with E-state index in [4.69, 9.17) is 28.9 Å². The SMILES string of the molecule is COc1cc2c(cc1OCCCOc1cc3c(cc1OC)C(=O)N1C=C(c4ccc(NC(=O)[C@H](C)NC(=O)[C@@H](NC(=O)CCCCCN5C(=O)C=CC5=O)C(C)C)cc4)C[C@H]1C=N3)N=C[C@@H]1CC(c3ccc(NC(=O)[C@H](C)NC(=O)[C@@H](NC(=O)CCCCCN4C(=O)C=CC4=O)C(C)C)cc3)=CN1C2=O. The first kappa shape index (κ1) is 76.1. The summed E-state index contributed by atoms with van der Waals surface area (Å²) in [6.45, 7) is 11.2. The van der Waals surface area contributed by atoms with Crippen molar-refractivity contribution in [3.05, 3.63) is 132 Å². The number of carbonyl (C=O) groups is 12. The molecule has 0 unspecified atom stereocenters. The fraction of sp³-hybridized carbons (Fsp3) is 0.403. The second-order valence-corrected chi connectivity index (χ2v) is 27.0. The monoisotopic (exact) mass is 1440 g/mol. The van der Waals surface area contributed by atoms with Gasteiger partial charge in [0.15, 0.2) is 23.0 Å². The van der Waals surface area contributed by atoms with E-state index >= 15 is 0 Å². The number of hydrogen-bond acceptors (Lipinski definition) is 18. The third kappa shape index (κ3) is 18.8. The molecule has 0 aliphatic carbocycles. The Labute approximate surface area is 608 Å². The predicted octanol–water partition coefficient (Wildman–Crippen LogP) is 7.63. The second kappa shape index (κ2) is 34.6. The smallest absolute Gasteiger partial charge is 0.260 e. The molecule has 4 aromatic rings. The Kier molecular flexibility index (Phi) is 25.1. The lowest BCUT2D eigenvalue weighted by Gasteiger charge is -2.24. The van der Waals surface area contributed by atoms with Crippen LogP contribution in [0.1, 0.15) is 144 Å². The van der Waals surface area contributed by atoms with Gasteiger partial charge in [0.25, 0.3) is 35.4 Å². The highest BCUT2D eigenvalue weighted by Gasteiger charge is 2.37. The molecular formula is C77H88N12O16. The van der Waals surface area contributed by atoms with Crippen LogP contribution in [0, 0.1) is 11.8 Å². The number of unbranched alkanes of at least 4 members (excludes halogenated alkanes) is 4. The quantitative estimate of drug-likeness (QED) is 0.0193. The highest BCUT2D eigenvalue weighted by molar-refractivity contribution is 6.14. The molecule has 6 heterocycles. The Morgan fingerprint density at radius 1 is 0.457 bits per heavy atom. The number of anilines is 2. The number of benzene rings is 4. The molecule has 6 aliphatic rings. The van der Waals surface area contributed by atoms with Gasteiger partial charge in [-0.1, -0.05) is 64.8 Å². The van der Waals surface area contributed by atoms with Gasteiger partial charge in [0, 0.05) is 118 Å². The fourth-order valence-corrected chi connectivity index (χ4v) is 12.7. The molecule has 0 fully saturated rings. The van der Waals surface area contributed by atoms with Crippen molar-refractivity contribution in [2.45, 2.75) is 148 Å². The summed E-state index contributed by atoms with van der Waals surface area (Å²) in [6.07, 6.45) is 16.9. The van der Waals surface area contributed by atoms with Crippen LogP contribution in [-0.4, -0.2) is 180 Å². The number of methoxy groups -OCH3 is 2. The largest absolute Gasteiger partial charge is 0.493 e. The maximum Gasteiger partial charge on any atom is 0.260 e. The van der Waals surface area contributed by atoms with Crippen molar-refractivity contribution in [3.63, 3.8) is 0 Å². The molecular weight excluding hydrogens is 1350 g/mol. The maximum atomic E-state index is 14.2. The van der Waals surface area contributed by atoms with E-state index in [1.54, 1.807) is 125 Å². The standard InChI is InChI=1S/C77H88N12O16/c1-44(2)70(84-64(90)16-11-9-13-30-86-66(92)26-27-67(86)93)74(98)80-46(5)72(96)82-52-22-18-48(19-23-52)50-34-54-40-78-58-38-62(60(102-7)36-56(58)76(100)88(54)42-50)104-32-15-33-105-63-39-59-57(37-61(63)103-8)77(101)89-43-51(35-55(89)41-79-59)49-20-24-53(25-21-49)83-73(97)47(6)81-75(99)71(45(3)4)85-65(91)17-12-10-14-31-87-68(94)28-29-69(87)95/h18-29,36-47,54-55,70-71H,9-17,30-35H2,1-8H3,(H,80,98)(H,81,99)(H,82,96)(H,83,97)(H,84,90)(H,85,91)/t46-,47-,54-,55-,70-,71-/m0/s1. The molecule has 6 aliphatic heterocycles. The molecule has 105 heavy (non-hydrogen) atoms. The molecule has 0 saturated heterocycles. The number of rotatable bonds is 34. The number of nitrogens with one attached hydrogen (secondary N) is 6. The van der Waals surface area contributed by atoms with E-state index < -0.39 is 59.9 Å². The summed E-state index contributed by atoms with van der Waals surface area (Å²) in [6, 6.07) is 16.4. The van der Waals surface area contributed by atoms with Gasteiger partial charge in [-0.2, -0.15) is 0 Å². The highest BCUT2D eigenvalue weighted by Crippen LogP contribution is 2.42. The zero-order valence-corrected chi connectivity index (χ0v) is 60.0. The minimum Gasteiger partial charge on any atom is -0.493 e. The molecule has 552 valence electrons. The summed E-state index contributed by atoms with van der Waals surface area (Å²) >= 11 is 0. The van der Waals surface area contributed by atoms with E-state index in [-0.39, 0.29) is 98.2 Å². The lowest BCUT2D eigenvalue weighted by atomic mass is 10.0. The van der Waals surface area contributed by atoms with Crippen molar-refractivity contribution < 1.29 is 76.5 Å². The summed E-state index contributed by atoms with van der Waals surface area (Å²) in [4.78, 5) is 170. The number of fused-ring (bicyclic) bond motifs is 4. The van der Waals surface area contributed by atoms with Crippen LogP contribution in [0.25, 0.3) is 11.1 Å². The Balaban J connectivity index is 0.653. The van der Waals surface area contributed by atoms with E-state index in [1.807, 2.05) is 24.3 Å². The number of carbonyl (C=O) groups excluding carboxylic acids is 12. The van der Waals surface area contributed by atoms with Gasteiger partial charge in [-0.05, 0) is 110 Å². The molecule has 12 amide bonds. The van der Waals surface area contributed by atoms with Gasteiger partial charge in [0.2, 0.25) is 35.4 Å². The number of ether oxygens (including phenoxy) is 4. The van der Waals surface area contributed by atoms with Crippen LogP contribution in [0.2, 0.25) is 0 Å². The van der Waals surface area contributed by atoms with E-state index in [1.165, 1.54) is 38.5 Å². The Morgan fingerprint density at radius 2 is 0.829 bits per heavy atom. The normalized spacial score (nSPS) is 17.4. The second-order valence-electron chi connectivity index (χ2n) is 27.0. The first-order valence-corrected chi connectivity index (χ1v) is 35.3. The first-order valence-electron chi connectivity index (χ1n) is 35.3. The lowest BCUT2D eigenvalue weighted by Crippen LogP contribution is -2.53. The minimum atomic E-state index is -0.946. The van der Waals surface area contributed by atoms with Crippen molar-refractivity contribution in [2.24, 2.45) is 21.8 Å². The zero-order valence-electron chi connectivity index (χ0n) is 60.0. The van der Waals surface area contributed by atoms with Crippen LogP contribution in [-0.2, 0) is 47.9 Å². The molecule has 28 heteroatoms. The maximum absolute atomic E-state index is 14.2. The van der Waals surface area contributed by atoms with Crippen LogP contribution in [0.4, 0.5) is 22.7 Å². The fourth-order valence-electron chi connectivity index (χ4n) is 12.7. The van der Waals surface area contributed by atoms with Crippen LogP contribution in [0.15, 0.2) is 119 Å². The summed E-state index contributed by atoms with van der Waals surface area (Å²) in [5.41, 5.74) is 5.79. The van der Waals surface area contributed by atoms with Crippen LogP contribution < -0.4 is 50.8 Å². The zero-order chi connectivity index (χ0) is 75.2. The lowest BCUT2D eigenvalue weighted by molar-refractivity contribution is -0.138. The van der Waals surface area contributed by atoms with Gasteiger partial charge >= 0.3 is 0 Å². The van der Waals surface area contributed by atoms with Gasteiger partial charge in [0.1, 0.15) is 24.2 Å². The van der Waals surface area contributed by atoms with Gasteiger partial charge in [-0.25, -0.2) is 0 Å². The summed E-state index contributed by atoms with van der Waals surface area (Å²) in [5, 5.41) is 16.7. The highest BCUT2D eigenvalue weighted by atomic mass is 16.5. The van der Waals surface area contributed by atoms with E-state index in [0.717, 1.165) is 32.1 Å². The Morgan fingerprint density at radius 3 is 1.18 bits per heavy atom. The number of nitrogens with zero attached hydrogens (tertiary/aromatic N) is 6. The summed E-state index contributed by atoms with van der Waals surface area (Å²) in [7, 11) is 2.97. The molecule has 6 atom stereocenters. The van der Waals surface area contributed by atoms with Gasteiger partial charge in [-0.3, -0.25) is 77.3 Å². The van der Waals surface area contributed by atoms with Crippen molar-refractivity contribution in [2.75, 3.05) is 51.2 Å². The third-order valence-corrected chi connectivity index (χ3v) is 18.7. The van der Waals surface area contributed by atoms with Gasteiger partial charge in [0.05, 0.1) is 62.0 Å². The molecule has 28 nitrogen and oxygen atoms in total. The minimum absolute atomic E-state index is 0.149. The number of aliphatic imine (C=N–C) groups is 2. The summed E-state index contributed by atoms with van der Waals surface area (Å²) < 4.78 is 23.8. The van der Waals surface area contributed by atoms with E-state index in [2.05, 4.69) is 31.9 Å². The number of imide groups is 2. The first-order chi connectivity index (χ1) is 50.4. The number of hydrogen-bond donors (Lipinski definition) is 6. The average molecular weight is 1440 g/mol.